The van der Waals surface area contributed by atoms with E-state index in [-0.39, 0.29) is 11.8 Å². The van der Waals surface area contributed by atoms with Crippen LogP contribution in [0.4, 0.5) is 0 Å². The molecule has 4 aromatic rings. The number of nitrogens with one attached hydrogen (secondary N) is 2. The first kappa shape index (κ1) is 15.2. The molecule has 0 unspecified atom stereocenters. The van der Waals surface area contributed by atoms with Gasteiger partial charge in [0, 0.05) is 34.4 Å². The third kappa shape index (κ3) is 2.88. The molecule has 1 aromatic carbocycles. The average Bonchev–Trinajstić information content (AvgIpc) is 3.37. The predicted octanol–water partition coefficient (Wildman–Crippen LogP) is 4.85. The Morgan fingerprint density at radius 2 is 1.88 bits per heavy atom. The number of thiophene rings is 2. The third-order valence-corrected chi connectivity index (χ3v) is 5.95. The van der Waals surface area contributed by atoms with Gasteiger partial charge in [0.25, 0.3) is 5.91 Å². The van der Waals surface area contributed by atoms with Gasteiger partial charge in [-0.2, -0.15) is 0 Å². The maximum absolute atomic E-state index is 12.3. The van der Waals surface area contributed by atoms with Crippen LogP contribution in [-0.2, 0) is 0 Å². The topological polar surface area (TPSA) is 44.9 Å². The van der Waals surface area contributed by atoms with E-state index in [1.165, 1.54) is 27.2 Å². The van der Waals surface area contributed by atoms with E-state index in [0.29, 0.717) is 6.54 Å². The van der Waals surface area contributed by atoms with Crippen molar-refractivity contribution in [3.63, 3.8) is 0 Å². The number of amides is 1. The van der Waals surface area contributed by atoms with Crippen molar-refractivity contribution in [3.05, 3.63) is 80.8 Å². The van der Waals surface area contributed by atoms with Crippen LogP contribution in [-0.4, -0.2) is 17.4 Å². The zero-order chi connectivity index (χ0) is 16.4. The number of carbonyl (C=O) groups is 1. The van der Waals surface area contributed by atoms with Crippen LogP contribution >= 0.6 is 22.7 Å². The summed E-state index contributed by atoms with van der Waals surface area (Å²) in [6, 6.07) is 16.2. The summed E-state index contributed by atoms with van der Waals surface area (Å²) in [5.41, 5.74) is 2.35. The zero-order valence-corrected chi connectivity index (χ0v) is 14.5. The molecule has 5 heteroatoms. The van der Waals surface area contributed by atoms with Gasteiger partial charge in [-0.3, -0.25) is 4.79 Å². The number of hydrogen-bond acceptors (Lipinski definition) is 3. The van der Waals surface area contributed by atoms with Crippen LogP contribution in [0.1, 0.15) is 26.0 Å². The lowest BCUT2D eigenvalue weighted by atomic mass is 9.96. The zero-order valence-electron chi connectivity index (χ0n) is 12.9. The number of rotatable bonds is 5. The minimum atomic E-state index is -0.00797. The number of benzene rings is 1. The van der Waals surface area contributed by atoms with E-state index in [9.17, 15) is 4.79 Å². The van der Waals surface area contributed by atoms with Crippen molar-refractivity contribution in [2.24, 2.45) is 0 Å². The normalized spacial score (nSPS) is 12.3. The Hall–Kier alpha value is -2.37. The van der Waals surface area contributed by atoms with E-state index in [1.54, 1.807) is 11.3 Å². The van der Waals surface area contributed by atoms with Crippen molar-refractivity contribution < 1.29 is 4.79 Å². The minimum Gasteiger partial charge on any atom is -0.361 e. The molecule has 4 rings (SSSR count). The Morgan fingerprint density at radius 3 is 2.67 bits per heavy atom. The lowest BCUT2D eigenvalue weighted by Gasteiger charge is -2.16. The molecule has 1 atom stereocenters. The summed E-state index contributed by atoms with van der Waals surface area (Å²) in [6.45, 7) is 0.582. The standard InChI is InChI=1S/C19H16N2OS2/c22-19(18-8-4-10-24-18)21-12-15(17-7-3-9-23-17)14-11-20-16-6-2-1-5-13(14)16/h1-11,15,20H,12H2,(H,21,22)/t15-/m1/s1. The molecule has 0 radical (unpaired) electrons. The molecule has 0 aliphatic carbocycles. The van der Waals surface area contributed by atoms with E-state index in [0.717, 1.165) is 10.4 Å². The Balaban J connectivity index is 1.64. The lowest BCUT2D eigenvalue weighted by molar-refractivity contribution is 0.0956. The van der Waals surface area contributed by atoms with Crippen LogP contribution in [0.5, 0.6) is 0 Å². The largest absolute Gasteiger partial charge is 0.361 e. The molecule has 0 fully saturated rings. The number of hydrogen-bond donors (Lipinski definition) is 2. The SMILES string of the molecule is O=C(NC[C@@H](c1cccs1)c1c[nH]c2ccccc12)c1cccs1. The fourth-order valence-electron chi connectivity index (χ4n) is 2.93. The summed E-state index contributed by atoms with van der Waals surface area (Å²) < 4.78 is 0. The molecule has 24 heavy (non-hydrogen) atoms. The Bertz CT molecular complexity index is 939. The minimum absolute atomic E-state index is 0.00797. The number of H-pyrrole nitrogens is 1. The van der Waals surface area contributed by atoms with Crippen molar-refractivity contribution in [2.45, 2.75) is 5.92 Å². The van der Waals surface area contributed by atoms with E-state index < -0.39 is 0 Å². The molecule has 0 aliphatic rings. The highest BCUT2D eigenvalue weighted by Crippen LogP contribution is 2.32. The summed E-state index contributed by atoms with van der Waals surface area (Å²) in [6.07, 6.45) is 2.06. The molecule has 3 heterocycles. The van der Waals surface area contributed by atoms with Gasteiger partial charge >= 0.3 is 0 Å². The van der Waals surface area contributed by atoms with Gasteiger partial charge in [-0.1, -0.05) is 30.3 Å². The van der Waals surface area contributed by atoms with Crippen molar-refractivity contribution in [1.29, 1.82) is 0 Å². The molecule has 0 bridgehead atoms. The lowest BCUT2D eigenvalue weighted by Crippen LogP contribution is -2.28. The molecule has 0 spiro atoms. The van der Waals surface area contributed by atoms with Gasteiger partial charge in [-0.15, -0.1) is 22.7 Å². The Kier molecular flexibility index (Phi) is 4.19. The Labute approximate surface area is 148 Å². The summed E-state index contributed by atoms with van der Waals surface area (Å²) in [4.78, 5) is 17.7. The first-order valence-electron chi connectivity index (χ1n) is 7.74. The summed E-state index contributed by atoms with van der Waals surface area (Å²) >= 11 is 3.19. The number of aromatic amines is 1. The van der Waals surface area contributed by atoms with E-state index >= 15 is 0 Å². The average molecular weight is 352 g/mol. The van der Waals surface area contributed by atoms with Gasteiger partial charge in [0.15, 0.2) is 0 Å². The van der Waals surface area contributed by atoms with E-state index in [4.69, 9.17) is 0 Å². The second-order valence-corrected chi connectivity index (χ2v) is 7.47. The highest BCUT2D eigenvalue weighted by molar-refractivity contribution is 7.12. The highest BCUT2D eigenvalue weighted by atomic mass is 32.1. The van der Waals surface area contributed by atoms with Crippen molar-refractivity contribution in [1.82, 2.24) is 10.3 Å². The van der Waals surface area contributed by atoms with Crippen LogP contribution < -0.4 is 5.32 Å². The second kappa shape index (κ2) is 6.63. The maximum Gasteiger partial charge on any atom is 0.261 e. The van der Waals surface area contributed by atoms with Crippen LogP contribution in [0.15, 0.2) is 65.5 Å². The highest BCUT2D eigenvalue weighted by Gasteiger charge is 2.20. The van der Waals surface area contributed by atoms with Crippen LogP contribution in [0.2, 0.25) is 0 Å². The van der Waals surface area contributed by atoms with Gasteiger partial charge < -0.3 is 10.3 Å². The van der Waals surface area contributed by atoms with Crippen molar-refractivity contribution in [3.8, 4) is 0 Å². The van der Waals surface area contributed by atoms with Gasteiger partial charge in [0.05, 0.1) is 4.88 Å². The molecule has 3 aromatic heterocycles. The number of fused-ring (bicyclic) bond motifs is 1. The molecule has 120 valence electrons. The Morgan fingerprint density at radius 1 is 1.04 bits per heavy atom. The van der Waals surface area contributed by atoms with Crippen molar-refractivity contribution in [2.75, 3.05) is 6.54 Å². The summed E-state index contributed by atoms with van der Waals surface area (Å²) in [5, 5.41) is 8.30. The number of para-hydroxylation sites is 1. The molecule has 2 N–H and O–H groups in total. The van der Waals surface area contributed by atoms with Gasteiger partial charge in [0.1, 0.15) is 0 Å². The summed E-state index contributed by atoms with van der Waals surface area (Å²) in [7, 11) is 0. The number of carbonyl (C=O) groups excluding carboxylic acids is 1. The van der Waals surface area contributed by atoms with Crippen LogP contribution in [0.3, 0.4) is 0 Å². The maximum atomic E-state index is 12.3. The van der Waals surface area contributed by atoms with Crippen LogP contribution in [0.25, 0.3) is 10.9 Å². The van der Waals surface area contributed by atoms with Crippen molar-refractivity contribution >= 4 is 39.5 Å². The quantitative estimate of drug-likeness (QED) is 0.530. The first-order chi connectivity index (χ1) is 11.8. The summed E-state index contributed by atoms with van der Waals surface area (Å²) in [5.74, 6) is 0.136. The fraction of sp³-hybridized carbons (Fsp3) is 0.105. The smallest absolute Gasteiger partial charge is 0.261 e. The molecule has 0 aliphatic heterocycles. The van der Waals surface area contributed by atoms with Gasteiger partial charge in [-0.25, -0.2) is 0 Å². The predicted molar refractivity (Wildman–Crippen MR) is 101 cm³/mol. The monoisotopic (exact) mass is 352 g/mol. The molecule has 1 amide bonds. The van der Waals surface area contributed by atoms with Gasteiger partial charge in [0.2, 0.25) is 0 Å². The molecule has 3 nitrogen and oxygen atoms in total. The molecule has 0 saturated carbocycles. The van der Waals surface area contributed by atoms with E-state index in [1.807, 2.05) is 23.6 Å². The first-order valence-corrected chi connectivity index (χ1v) is 9.50. The van der Waals surface area contributed by atoms with Gasteiger partial charge in [-0.05, 0) is 34.5 Å². The van der Waals surface area contributed by atoms with Crippen LogP contribution in [0, 0.1) is 0 Å². The fourth-order valence-corrected chi connectivity index (χ4v) is 4.41. The molecular weight excluding hydrogens is 336 g/mol. The number of aromatic nitrogens is 1. The second-order valence-electron chi connectivity index (χ2n) is 5.54. The molecular formula is C19H16N2OS2. The molecule has 0 saturated heterocycles. The van der Waals surface area contributed by atoms with E-state index in [2.05, 4.69) is 52.2 Å². The third-order valence-electron chi connectivity index (χ3n) is 4.09.